The molecule has 0 spiro atoms. The fourth-order valence-electron chi connectivity index (χ4n) is 3.30. The lowest BCUT2D eigenvalue weighted by molar-refractivity contribution is 0.340. The van der Waals surface area contributed by atoms with Crippen LogP contribution in [0.3, 0.4) is 0 Å². The minimum absolute atomic E-state index is 0.657. The Bertz CT molecular complexity index is 1050. The van der Waals surface area contributed by atoms with Crippen LogP contribution in [0.15, 0.2) is 48.5 Å². The molecule has 0 radical (unpaired) electrons. The number of aryl methyl sites for hydroxylation is 1. The van der Waals surface area contributed by atoms with E-state index in [0.29, 0.717) is 12.4 Å². The van der Waals surface area contributed by atoms with E-state index in [1.165, 1.54) is 12.8 Å². The van der Waals surface area contributed by atoms with Gasteiger partial charge < -0.3 is 4.74 Å². The lowest BCUT2D eigenvalue weighted by atomic mass is 10.2. The van der Waals surface area contributed by atoms with Crippen LogP contribution < -0.4 is 4.74 Å². The van der Waals surface area contributed by atoms with Crippen LogP contribution in [-0.2, 0) is 6.42 Å². The highest BCUT2D eigenvalue weighted by Gasteiger charge is 2.14. The van der Waals surface area contributed by atoms with Gasteiger partial charge in [-0.3, -0.25) is 0 Å². The maximum Gasteiger partial charge on any atom is 0.182 e. The predicted octanol–water partition coefficient (Wildman–Crippen LogP) is 5.08. The van der Waals surface area contributed by atoms with Gasteiger partial charge in [-0.1, -0.05) is 31.9 Å². The summed E-state index contributed by atoms with van der Waals surface area (Å²) in [6, 6.07) is 16.1. The molecule has 5 heteroatoms. The summed E-state index contributed by atoms with van der Waals surface area (Å²) in [6.07, 6.45) is 4.39. The van der Waals surface area contributed by atoms with Crippen molar-refractivity contribution in [2.45, 2.75) is 39.5 Å². The molecule has 4 rings (SSSR count). The number of rotatable bonds is 7. The van der Waals surface area contributed by atoms with E-state index in [4.69, 9.17) is 19.8 Å². The van der Waals surface area contributed by atoms with E-state index >= 15 is 0 Å². The van der Waals surface area contributed by atoms with Crippen LogP contribution in [0.4, 0.5) is 0 Å². The summed E-state index contributed by atoms with van der Waals surface area (Å²) < 4.78 is 7.45. The Hall–Kier alpha value is -2.95. The molecule has 5 nitrogen and oxygen atoms in total. The van der Waals surface area contributed by atoms with Crippen molar-refractivity contribution in [3.63, 3.8) is 0 Å². The van der Waals surface area contributed by atoms with Gasteiger partial charge in [0.15, 0.2) is 11.5 Å². The van der Waals surface area contributed by atoms with Crippen molar-refractivity contribution in [3.8, 4) is 17.1 Å². The topological polar surface area (TPSA) is 52.3 Å². The van der Waals surface area contributed by atoms with E-state index in [1.54, 1.807) is 0 Å². The molecule has 0 N–H and O–H groups in total. The molecule has 0 unspecified atom stereocenters. The van der Waals surface area contributed by atoms with Gasteiger partial charge in [0.1, 0.15) is 11.6 Å². The number of hydrogen-bond acceptors (Lipinski definition) is 4. The second-order valence-electron chi connectivity index (χ2n) is 6.63. The highest BCUT2D eigenvalue weighted by atomic mass is 16.5. The monoisotopic (exact) mass is 360 g/mol. The van der Waals surface area contributed by atoms with Gasteiger partial charge in [0.2, 0.25) is 0 Å². The van der Waals surface area contributed by atoms with Gasteiger partial charge in [0.25, 0.3) is 0 Å². The van der Waals surface area contributed by atoms with Crippen LogP contribution in [0.1, 0.15) is 38.9 Å². The van der Waals surface area contributed by atoms with Crippen molar-refractivity contribution >= 4 is 16.6 Å². The van der Waals surface area contributed by atoms with Gasteiger partial charge in [-0.05, 0) is 49.7 Å². The first-order valence-corrected chi connectivity index (χ1v) is 9.67. The van der Waals surface area contributed by atoms with E-state index in [2.05, 4.69) is 13.0 Å². The summed E-state index contributed by atoms with van der Waals surface area (Å²) in [5.41, 5.74) is 2.82. The zero-order valence-electron chi connectivity index (χ0n) is 15.9. The minimum Gasteiger partial charge on any atom is -0.494 e. The fourth-order valence-corrected chi connectivity index (χ4v) is 3.30. The fraction of sp³-hybridized carbons (Fsp3) is 0.318. The van der Waals surface area contributed by atoms with Gasteiger partial charge in [-0.2, -0.15) is 4.52 Å². The maximum atomic E-state index is 5.53. The lowest BCUT2D eigenvalue weighted by Crippen LogP contribution is -2.03. The van der Waals surface area contributed by atoms with Gasteiger partial charge in [-0.25, -0.2) is 9.97 Å². The Labute approximate surface area is 159 Å². The maximum absolute atomic E-state index is 5.53. The second kappa shape index (κ2) is 7.74. The Balaban J connectivity index is 1.81. The number of fused-ring (bicyclic) bond motifs is 3. The molecule has 2 aromatic carbocycles. The number of aromatic nitrogens is 4. The Morgan fingerprint density at radius 2 is 1.74 bits per heavy atom. The van der Waals surface area contributed by atoms with E-state index in [-0.39, 0.29) is 0 Å². The Kier molecular flexibility index (Phi) is 5.01. The SMILES string of the molecule is CCCCCc1nc2ccccc2c2nc(-c3ccc(OCC)cc3)nn12. The van der Waals surface area contributed by atoms with E-state index in [0.717, 1.165) is 46.5 Å². The van der Waals surface area contributed by atoms with Crippen LogP contribution in [-0.4, -0.2) is 26.2 Å². The summed E-state index contributed by atoms with van der Waals surface area (Å²) in [4.78, 5) is 9.71. The van der Waals surface area contributed by atoms with Gasteiger partial charge in [-0.15, -0.1) is 5.10 Å². The zero-order valence-corrected chi connectivity index (χ0v) is 15.9. The van der Waals surface area contributed by atoms with Crippen LogP contribution in [0.2, 0.25) is 0 Å². The molecular weight excluding hydrogens is 336 g/mol. The molecule has 2 aromatic heterocycles. The third kappa shape index (κ3) is 3.50. The first-order valence-electron chi connectivity index (χ1n) is 9.67. The van der Waals surface area contributed by atoms with Crippen LogP contribution in [0.25, 0.3) is 27.9 Å². The standard InChI is InChI=1S/C22H24N4O/c1-3-5-6-11-20-23-19-10-8-7-9-18(19)22-24-21(25-26(20)22)16-12-14-17(15-13-16)27-4-2/h7-10,12-15H,3-6,11H2,1-2H3. The normalized spacial score (nSPS) is 11.3. The number of benzene rings is 2. The molecule has 0 saturated heterocycles. The lowest BCUT2D eigenvalue weighted by Gasteiger charge is -2.06. The van der Waals surface area contributed by atoms with Crippen molar-refractivity contribution in [2.75, 3.05) is 6.61 Å². The second-order valence-corrected chi connectivity index (χ2v) is 6.63. The third-order valence-electron chi connectivity index (χ3n) is 4.67. The first-order chi connectivity index (χ1) is 13.3. The van der Waals surface area contributed by atoms with E-state index < -0.39 is 0 Å². The zero-order chi connectivity index (χ0) is 18.6. The summed E-state index contributed by atoms with van der Waals surface area (Å²) in [5.74, 6) is 2.55. The molecule has 0 amide bonds. The number of hydrogen-bond donors (Lipinski definition) is 0. The molecule has 2 heterocycles. The largest absolute Gasteiger partial charge is 0.494 e. The molecule has 138 valence electrons. The molecule has 0 aliphatic carbocycles. The van der Waals surface area contributed by atoms with Crippen LogP contribution in [0, 0.1) is 0 Å². The molecule has 0 saturated carbocycles. The van der Waals surface area contributed by atoms with Gasteiger partial charge in [0.05, 0.1) is 12.1 Å². The molecule has 4 aromatic rings. The molecular formula is C22H24N4O. The van der Waals surface area contributed by atoms with Crippen LogP contribution >= 0.6 is 0 Å². The van der Waals surface area contributed by atoms with Crippen molar-refractivity contribution in [2.24, 2.45) is 0 Å². The van der Waals surface area contributed by atoms with Crippen molar-refractivity contribution in [1.29, 1.82) is 0 Å². The van der Waals surface area contributed by atoms with E-state index in [1.807, 2.05) is 53.9 Å². The smallest absolute Gasteiger partial charge is 0.182 e. The van der Waals surface area contributed by atoms with E-state index in [9.17, 15) is 0 Å². The third-order valence-corrected chi connectivity index (χ3v) is 4.67. The summed E-state index contributed by atoms with van der Waals surface area (Å²) in [7, 11) is 0. The highest BCUT2D eigenvalue weighted by molar-refractivity contribution is 5.91. The molecule has 0 bridgehead atoms. The number of para-hydroxylation sites is 1. The average Bonchev–Trinajstić information content (AvgIpc) is 3.15. The average molecular weight is 360 g/mol. The summed E-state index contributed by atoms with van der Waals surface area (Å²) in [6.45, 7) is 4.85. The van der Waals surface area contributed by atoms with Crippen LogP contribution in [0.5, 0.6) is 5.75 Å². The number of unbranched alkanes of at least 4 members (excludes halogenated alkanes) is 2. The quantitative estimate of drug-likeness (QED) is 0.432. The molecule has 0 aliphatic heterocycles. The van der Waals surface area contributed by atoms with Gasteiger partial charge in [0, 0.05) is 17.4 Å². The Morgan fingerprint density at radius 1 is 0.926 bits per heavy atom. The molecule has 0 aliphatic rings. The Morgan fingerprint density at radius 3 is 2.52 bits per heavy atom. The summed E-state index contributed by atoms with van der Waals surface area (Å²) in [5, 5.41) is 5.82. The number of nitrogens with zero attached hydrogens (tertiary/aromatic N) is 4. The minimum atomic E-state index is 0.657. The highest BCUT2D eigenvalue weighted by Crippen LogP contribution is 2.24. The number of ether oxygens (including phenoxy) is 1. The first kappa shape index (κ1) is 17.5. The van der Waals surface area contributed by atoms with Gasteiger partial charge >= 0.3 is 0 Å². The molecule has 0 fully saturated rings. The van der Waals surface area contributed by atoms with Crippen molar-refractivity contribution < 1.29 is 4.74 Å². The predicted molar refractivity (Wildman–Crippen MR) is 108 cm³/mol. The van der Waals surface area contributed by atoms with Crippen molar-refractivity contribution in [1.82, 2.24) is 19.6 Å². The molecule has 0 atom stereocenters. The summed E-state index contributed by atoms with van der Waals surface area (Å²) >= 11 is 0. The molecule has 27 heavy (non-hydrogen) atoms. The van der Waals surface area contributed by atoms with Crippen molar-refractivity contribution in [3.05, 3.63) is 54.4 Å².